The Morgan fingerprint density at radius 1 is 1.03 bits per heavy atom. The molecular weight excluding hydrogens is 404 g/mol. The van der Waals surface area contributed by atoms with Crippen LogP contribution in [0.1, 0.15) is 31.9 Å². The normalized spacial score (nSPS) is 11.9. The minimum Gasteiger partial charge on any atom is -0.352 e. The number of hydrogen-bond acceptors (Lipinski definition) is 3. The fourth-order valence-corrected chi connectivity index (χ4v) is 4.12. The molecule has 2 aromatic carbocycles. The summed E-state index contributed by atoms with van der Waals surface area (Å²) in [6, 6.07) is 17.2. The topological polar surface area (TPSA) is 49.4 Å². The minimum atomic E-state index is -0.519. The first-order valence-electron chi connectivity index (χ1n) is 9.83. The average molecular weight is 433 g/mol. The molecule has 1 atom stereocenters. The number of halogens is 1. The summed E-state index contributed by atoms with van der Waals surface area (Å²) in [5.74, 6) is 0.797. The fourth-order valence-electron chi connectivity index (χ4n) is 2.92. The maximum absolute atomic E-state index is 13.0. The third-order valence-corrected chi connectivity index (χ3v) is 5.86. The number of rotatable bonds is 10. The van der Waals surface area contributed by atoms with Gasteiger partial charge < -0.3 is 10.2 Å². The van der Waals surface area contributed by atoms with E-state index in [9.17, 15) is 9.59 Å². The first-order chi connectivity index (χ1) is 13.9. The summed E-state index contributed by atoms with van der Waals surface area (Å²) >= 11 is 7.71. The van der Waals surface area contributed by atoms with E-state index in [-0.39, 0.29) is 17.9 Å². The lowest BCUT2D eigenvalue weighted by Crippen LogP contribution is -2.50. The summed E-state index contributed by atoms with van der Waals surface area (Å²) in [7, 11) is 0. The largest absolute Gasteiger partial charge is 0.352 e. The van der Waals surface area contributed by atoms with Crippen LogP contribution in [0.5, 0.6) is 0 Å². The van der Waals surface area contributed by atoms with Gasteiger partial charge in [0.25, 0.3) is 0 Å². The van der Waals surface area contributed by atoms with Crippen LogP contribution in [0.2, 0.25) is 5.02 Å². The second-order valence-electron chi connectivity index (χ2n) is 7.25. The van der Waals surface area contributed by atoms with Gasteiger partial charge in [-0.3, -0.25) is 9.59 Å². The van der Waals surface area contributed by atoms with E-state index in [0.717, 1.165) is 11.1 Å². The Balaban J connectivity index is 2.00. The summed E-state index contributed by atoms with van der Waals surface area (Å²) in [6.07, 6.45) is 0.709. The number of thioether (sulfide) groups is 1. The zero-order valence-corrected chi connectivity index (χ0v) is 18.8. The highest BCUT2D eigenvalue weighted by molar-refractivity contribution is 7.99. The van der Waals surface area contributed by atoms with E-state index >= 15 is 0 Å². The van der Waals surface area contributed by atoms with E-state index in [4.69, 9.17) is 11.6 Å². The van der Waals surface area contributed by atoms with Gasteiger partial charge in [0.1, 0.15) is 6.04 Å². The molecule has 0 bridgehead atoms. The van der Waals surface area contributed by atoms with Crippen molar-refractivity contribution < 1.29 is 9.59 Å². The van der Waals surface area contributed by atoms with Crippen molar-refractivity contribution in [1.82, 2.24) is 10.2 Å². The van der Waals surface area contributed by atoms with Gasteiger partial charge in [0.05, 0.1) is 5.75 Å². The summed E-state index contributed by atoms with van der Waals surface area (Å²) in [4.78, 5) is 27.2. The monoisotopic (exact) mass is 432 g/mol. The Kier molecular flexibility index (Phi) is 9.55. The second kappa shape index (κ2) is 11.9. The number of amides is 2. The lowest BCUT2D eigenvalue weighted by molar-refractivity contribution is -0.138. The maximum atomic E-state index is 13.0. The van der Waals surface area contributed by atoms with Crippen LogP contribution >= 0.6 is 23.4 Å². The van der Waals surface area contributed by atoms with E-state index in [1.54, 1.807) is 11.8 Å². The Hall–Kier alpha value is -1.98. The van der Waals surface area contributed by atoms with Gasteiger partial charge in [-0.2, -0.15) is 0 Å². The van der Waals surface area contributed by atoms with Crippen LogP contribution in [-0.2, 0) is 21.8 Å². The molecule has 0 saturated carbocycles. The molecule has 0 fully saturated rings. The number of hydrogen-bond donors (Lipinski definition) is 1. The molecule has 0 radical (unpaired) electrons. The maximum Gasteiger partial charge on any atom is 0.242 e. The quantitative estimate of drug-likeness (QED) is 0.598. The molecule has 1 unspecified atom stereocenters. The molecule has 0 aromatic heterocycles. The summed E-state index contributed by atoms with van der Waals surface area (Å²) in [6.45, 7) is 6.13. The van der Waals surface area contributed by atoms with Gasteiger partial charge >= 0.3 is 0 Å². The van der Waals surface area contributed by atoms with E-state index in [0.29, 0.717) is 29.5 Å². The Morgan fingerprint density at radius 2 is 1.69 bits per heavy atom. The van der Waals surface area contributed by atoms with Crippen LogP contribution in [0.4, 0.5) is 0 Å². The average Bonchev–Trinajstić information content (AvgIpc) is 2.69. The number of nitrogens with one attached hydrogen (secondary N) is 1. The van der Waals surface area contributed by atoms with Crippen molar-refractivity contribution in [3.05, 3.63) is 70.7 Å². The van der Waals surface area contributed by atoms with Crippen LogP contribution in [0.15, 0.2) is 54.6 Å². The van der Waals surface area contributed by atoms with Gasteiger partial charge in [0.15, 0.2) is 0 Å². The molecule has 0 aliphatic rings. The van der Waals surface area contributed by atoms with Gasteiger partial charge in [-0.1, -0.05) is 60.1 Å². The highest BCUT2D eigenvalue weighted by Crippen LogP contribution is 2.21. The number of nitrogens with zero attached hydrogens (tertiary/aromatic N) is 1. The van der Waals surface area contributed by atoms with Gasteiger partial charge in [-0.05, 0) is 44.4 Å². The standard InChI is InChI=1S/C23H29ClN2O2S/c1-17(2)25-23(28)18(3)26(14-13-19-9-5-4-6-10-19)22(27)16-29-15-20-11-7-8-12-21(20)24/h4-12,17-18H,13-16H2,1-3H3,(H,25,28). The fraction of sp³-hybridized carbons (Fsp3) is 0.391. The lowest BCUT2D eigenvalue weighted by Gasteiger charge is -2.29. The summed E-state index contributed by atoms with van der Waals surface area (Å²) in [5, 5.41) is 3.61. The van der Waals surface area contributed by atoms with Crippen LogP contribution in [0.25, 0.3) is 0 Å². The van der Waals surface area contributed by atoms with Gasteiger partial charge in [0.2, 0.25) is 11.8 Å². The molecule has 2 rings (SSSR count). The third-order valence-electron chi connectivity index (χ3n) is 4.52. The number of benzene rings is 2. The first kappa shape index (κ1) is 23.3. The minimum absolute atomic E-state index is 0.0330. The molecule has 0 heterocycles. The van der Waals surface area contributed by atoms with E-state index < -0.39 is 6.04 Å². The smallest absolute Gasteiger partial charge is 0.242 e. The van der Waals surface area contributed by atoms with Gasteiger partial charge in [0, 0.05) is 23.4 Å². The van der Waals surface area contributed by atoms with Crippen molar-refractivity contribution in [3.63, 3.8) is 0 Å². The van der Waals surface area contributed by atoms with Gasteiger partial charge in [-0.15, -0.1) is 11.8 Å². The third kappa shape index (κ3) is 7.75. The second-order valence-corrected chi connectivity index (χ2v) is 8.64. The van der Waals surface area contributed by atoms with E-state index in [1.807, 2.05) is 68.4 Å². The van der Waals surface area contributed by atoms with Crippen molar-refractivity contribution in [2.24, 2.45) is 0 Å². The van der Waals surface area contributed by atoms with Crippen molar-refractivity contribution in [1.29, 1.82) is 0 Å². The van der Waals surface area contributed by atoms with Crippen molar-refractivity contribution >= 4 is 35.2 Å². The van der Waals surface area contributed by atoms with Crippen LogP contribution < -0.4 is 5.32 Å². The summed E-state index contributed by atoms with van der Waals surface area (Å²) in [5.41, 5.74) is 2.15. The predicted molar refractivity (Wildman–Crippen MR) is 122 cm³/mol. The molecule has 4 nitrogen and oxygen atoms in total. The SMILES string of the molecule is CC(C)NC(=O)C(C)N(CCc1ccccc1)C(=O)CSCc1ccccc1Cl. The molecule has 0 aliphatic carbocycles. The zero-order chi connectivity index (χ0) is 21.2. The molecule has 156 valence electrons. The van der Waals surface area contributed by atoms with Crippen LogP contribution in [0, 0.1) is 0 Å². The summed E-state index contributed by atoms with van der Waals surface area (Å²) < 4.78 is 0. The molecule has 6 heteroatoms. The molecule has 29 heavy (non-hydrogen) atoms. The molecule has 0 saturated heterocycles. The Bertz CT molecular complexity index is 798. The van der Waals surface area contributed by atoms with E-state index in [1.165, 1.54) is 11.8 Å². The number of carbonyl (C=O) groups excluding carboxylic acids is 2. The molecule has 2 amide bonds. The van der Waals surface area contributed by atoms with Crippen molar-refractivity contribution in [3.8, 4) is 0 Å². The van der Waals surface area contributed by atoms with E-state index in [2.05, 4.69) is 5.32 Å². The highest BCUT2D eigenvalue weighted by atomic mass is 35.5. The first-order valence-corrected chi connectivity index (χ1v) is 11.4. The molecule has 0 spiro atoms. The zero-order valence-electron chi connectivity index (χ0n) is 17.2. The van der Waals surface area contributed by atoms with Crippen LogP contribution in [-0.4, -0.2) is 41.1 Å². The van der Waals surface area contributed by atoms with Gasteiger partial charge in [-0.25, -0.2) is 0 Å². The molecule has 1 N–H and O–H groups in total. The molecule has 0 aliphatic heterocycles. The molecule has 2 aromatic rings. The Labute approximate surface area is 183 Å². The Morgan fingerprint density at radius 3 is 2.34 bits per heavy atom. The molecular formula is C23H29ClN2O2S. The number of carbonyl (C=O) groups is 2. The van der Waals surface area contributed by atoms with Crippen LogP contribution in [0.3, 0.4) is 0 Å². The predicted octanol–water partition coefficient (Wildman–Crippen LogP) is 4.56. The van der Waals surface area contributed by atoms with Crippen molar-refractivity contribution in [2.45, 2.75) is 45.0 Å². The highest BCUT2D eigenvalue weighted by Gasteiger charge is 2.26. The van der Waals surface area contributed by atoms with Crippen molar-refractivity contribution in [2.75, 3.05) is 12.3 Å². The lowest BCUT2D eigenvalue weighted by atomic mass is 10.1.